The molecule has 0 saturated carbocycles. The lowest BCUT2D eigenvalue weighted by molar-refractivity contribution is -0.121. The highest BCUT2D eigenvalue weighted by atomic mass is 16.2. The Kier molecular flexibility index (Phi) is 5.97. The largest absolute Gasteiger partial charge is 0.352 e. The molecule has 0 radical (unpaired) electrons. The Morgan fingerprint density at radius 2 is 1.40 bits per heavy atom. The van der Waals surface area contributed by atoms with Gasteiger partial charge < -0.3 is 10.6 Å². The SMILES string of the molecule is CC(C)(C)c1cc2c(cn1)C(=O)NCC2.CC(C)(C)c1cc2c(cn1)CNC(=O)C2. The van der Waals surface area contributed by atoms with Crippen molar-refractivity contribution in [2.75, 3.05) is 6.54 Å². The van der Waals surface area contributed by atoms with Crippen molar-refractivity contribution >= 4 is 11.8 Å². The fourth-order valence-corrected chi connectivity index (χ4v) is 3.41. The molecule has 30 heavy (non-hydrogen) atoms. The maximum absolute atomic E-state index is 11.5. The summed E-state index contributed by atoms with van der Waals surface area (Å²) < 4.78 is 0. The van der Waals surface area contributed by atoms with Crippen LogP contribution >= 0.6 is 0 Å². The monoisotopic (exact) mass is 408 g/mol. The minimum atomic E-state index is 0.00390. The van der Waals surface area contributed by atoms with Crippen LogP contribution in [0.4, 0.5) is 0 Å². The minimum absolute atomic E-state index is 0.00390. The van der Waals surface area contributed by atoms with E-state index >= 15 is 0 Å². The number of carbonyl (C=O) groups excluding carboxylic acids is 2. The standard InChI is InChI=1S/2C12H16N2O/c1-12(2,3)10-4-8-5-11(15)14-7-9(8)6-13-10;1-12(2,3)10-6-8-4-5-13-11(15)9(8)7-14-10/h4,6H,5,7H2,1-3H3,(H,14,15);6-7H,4-5H2,1-3H3,(H,13,15). The third-order valence-electron chi connectivity index (χ3n) is 5.36. The quantitative estimate of drug-likeness (QED) is 0.701. The molecule has 6 heteroatoms. The van der Waals surface area contributed by atoms with E-state index in [1.165, 1.54) is 0 Å². The molecule has 2 aromatic heterocycles. The average molecular weight is 409 g/mol. The first-order valence-corrected chi connectivity index (χ1v) is 10.5. The molecule has 2 amide bonds. The van der Waals surface area contributed by atoms with Crippen LogP contribution in [0.25, 0.3) is 0 Å². The summed E-state index contributed by atoms with van der Waals surface area (Å²) >= 11 is 0. The normalized spacial score (nSPS) is 15.8. The van der Waals surface area contributed by atoms with Crippen LogP contribution in [0.5, 0.6) is 0 Å². The molecule has 2 aromatic rings. The van der Waals surface area contributed by atoms with Gasteiger partial charge in [-0.15, -0.1) is 0 Å². The summed E-state index contributed by atoms with van der Waals surface area (Å²) in [5.41, 5.74) is 6.31. The fraction of sp³-hybridized carbons (Fsp3) is 0.500. The molecular formula is C24H32N4O2. The third kappa shape index (κ3) is 5.04. The molecule has 6 nitrogen and oxygen atoms in total. The van der Waals surface area contributed by atoms with Crippen LogP contribution in [0.3, 0.4) is 0 Å². The lowest BCUT2D eigenvalue weighted by Gasteiger charge is -2.22. The molecule has 0 bridgehead atoms. The lowest BCUT2D eigenvalue weighted by Crippen LogP contribution is -2.32. The van der Waals surface area contributed by atoms with Crippen molar-refractivity contribution in [2.45, 2.75) is 71.8 Å². The molecule has 0 unspecified atom stereocenters. The summed E-state index contributed by atoms with van der Waals surface area (Å²) in [6.07, 6.45) is 4.98. The van der Waals surface area contributed by atoms with Crippen molar-refractivity contribution in [1.82, 2.24) is 20.6 Å². The number of nitrogens with one attached hydrogen (secondary N) is 2. The summed E-state index contributed by atoms with van der Waals surface area (Å²) in [6, 6.07) is 4.13. The van der Waals surface area contributed by atoms with E-state index in [1.807, 2.05) is 6.20 Å². The maximum Gasteiger partial charge on any atom is 0.253 e. The van der Waals surface area contributed by atoms with Crippen LogP contribution < -0.4 is 10.6 Å². The van der Waals surface area contributed by atoms with E-state index in [-0.39, 0.29) is 22.6 Å². The van der Waals surface area contributed by atoms with Gasteiger partial charge in [0.05, 0.1) is 12.0 Å². The Hall–Kier alpha value is -2.76. The van der Waals surface area contributed by atoms with Gasteiger partial charge in [-0.2, -0.15) is 0 Å². The van der Waals surface area contributed by atoms with Gasteiger partial charge in [-0.3, -0.25) is 19.6 Å². The zero-order chi connectivity index (χ0) is 22.1. The van der Waals surface area contributed by atoms with Gasteiger partial charge in [-0.1, -0.05) is 41.5 Å². The second-order valence-corrected chi connectivity index (χ2v) is 10.0. The average Bonchev–Trinajstić information content (AvgIpc) is 2.66. The highest BCUT2D eigenvalue weighted by Gasteiger charge is 2.22. The number of amides is 2. The van der Waals surface area contributed by atoms with Crippen molar-refractivity contribution in [1.29, 1.82) is 0 Å². The Morgan fingerprint density at radius 1 is 0.800 bits per heavy atom. The highest BCUT2D eigenvalue weighted by Crippen LogP contribution is 2.24. The van der Waals surface area contributed by atoms with Crippen LogP contribution in [0.2, 0.25) is 0 Å². The number of aromatic nitrogens is 2. The van der Waals surface area contributed by atoms with Crippen LogP contribution in [0.1, 0.15) is 80.0 Å². The van der Waals surface area contributed by atoms with Crippen LogP contribution in [0, 0.1) is 0 Å². The molecule has 4 rings (SSSR count). The molecule has 0 spiro atoms. The second kappa shape index (κ2) is 8.17. The first-order chi connectivity index (χ1) is 13.9. The van der Waals surface area contributed by atoms with Gasteiger partial charge in [0.2, 0.25) is 5.91 Å². The number of nitrogens with zero attached hydrogens (tertiary/aromatic N) is 2. The molecule has 0 atom stereocenters. The zero-order valence-corrected chi connectivity index (χ0v) is 18.8. The van der Waals surface area contributed by atoms with E-state index in [9.17, 15) is 9.59 Å². The van der Waals surface area contributed by atoms with Crippen molar-refractivity contribution in [2.24, 2.45) is 0 Å². The Labute approximate surface area is 178 Å². The number of rotatable bonds is 0. The summed E-state index contributed by atoms with van der Waals surface area (Å²) in [6.45, 7) is 14.1. The number of hydrogen-bond acceptors (Lipinski definition) is 4. The van der Waals surface area contributed by atoms with Gasteiger partial charge in [0.15, 0.2) is 0 Å². The first-order valence-electron chi connectivity index (χ1n) is 10.5. The summed E-state index contributed by atoms with van der Waals surface area (Å²) in [5.74, 6) is 0.109. The van der Waals surface area contributed by atoms with Gasteiger partial charge in [-0.05, 0) is 35.2 Å². The predicted molar refractivity (Wildman–Crippen MR) is 117 cm³/mol. The van der Waals surface area contributed by atoms with Crippen molar-refractivity contribution in [3.63, 3.8) is 0 Å². The van der Waals surface area contributed by atoms with Gasteiger partial charge in [0.25, 0.3) is 5.91 Å². The van der Waals surface area contributed by atoms with E-state index in [2.05, 4.69) is 74.3 Å². The topological polar surface area (TPSA) is 84.0 Å². The van der Waals surface area contributed by atoms with Gasteiger partial charge in [0, 0.05) is 47.7 Å². The van der Waals surface area contributed by atoms with E-state index in [0.717, 1.165) is 46.6 Å². The van der Waals surface area contributed by atoms with Gasteiger partial charge in [-0.25, -0.2) is 0 Å². The Bertz CT molecular complexity index is 968. The van der Waals surface area contributed by atoms with Crippen LogP contribution in [-0.4, -0.2) is 28.3 Å². The van der Waals surface area contributed by atoms with Crippen molar-refractivity contribution in [3.8, 4) is 0 Å². The number of hydrogen-bond donors (Lipinski definition) is 2. The molecule has 0 saturated heterocycles. The van der Waals surface area contributed by atoms with E-state index < -0.39 is 0 Å². The zero-order valence-electron chi connectivity index (χ0n) is 18.8. The van der Waals surface area contributed by atoms with Crippen LogP contribution in [0.15, 0.2) is 24.5 Å². The van der Waals surface area contributed by atoms with E-state index in [0.29, 0.717) is 13.0 Å². The molecule has 2 aliphatic rings. The van der Waals surface area contributed by atoms with Crippen LogP contribution in [-0.2, 0) is 35.0 Å². The van der Waals surface area contributed by atoms with Crippen molar-refractivity contribution < 1.29 is 9.59 Å². The lowest BCUT2D eigenvalue weighted by atomic mass is 9.89. The fourth-order valence-electron chi connectivity index (χ4n) is 3.41. The smallest absolute Gasteiger partial charge is 0.253 e. The molecule has 4 heterocycles. The Morgan fingerprint density at radius 3 is 2.03 bits per heavy atom. The molecule has 2 aliphatic heterocycles. The number of pyridine rings is 2. The summed E-state index contributed by atoms with van der Waals surface area (Å²) in [4.78, 5) is 31.5. The van der Waals surface area contributed by atoms with Gasteiger partial charge in [0.1, 0.15) is 0 Å². The third-order valence-corrected chi connectivity index (χ3v) is 5.36. The molecule has 2 N–H and O–H groups in total. The van der Waals surface area contributed by atoms with Gasteiger partial charge >= 0.3 is 0 Å². The number of carbonyl (C=O) groups is 2. The number of fused-ring (bicyclic) bond motifs is 2. The molecule has 0 fully saturated rings. The predicted octanol–water partition coefficient (Wildman–Crippen LogP) is 3.22. The maximum atomic E-state index is 11.5. The first kappa shape index (κ1) is 21.9. The van der Waals surface area contributed by atoms with E-state index in [1.54, 1.807) is 6.20 Å². The molecule has 160 valence electrons. The minimum Gasteiger partial charge on any atom is -0.352 e. The second-order valence-electron chi connectivity index (χ2n) is 10.0. The summed E-state index contributed by atoms with van der Waals surface area (Å²) in [5, 5.41) is 5.63. The molecule has 0 aliphatic carbocycles. The summed E-state index contributed by atoms with van der Waals surface area (Å²) in [7, 11) is 0. The highest BCUT2D eigenvalue weighted by molar-refractivity contribution is 5.96. The molecular weight excluding hydrogens is 376 g/mol. The molecule has 0 aromatic carbocycles. The van der Waals surface area contributed by atoms with E-state index in [4.69, 9.17) is 0 Å². The van der Waals surface area contributed by atoms with Crippen molar-refractivity contribution in [3.05, 3.63) is 58.2 Å². The Balaban J connectivity index is 0.000000171.